The highest BCUT2D eigenvalue weighted by Crippen LogP contribution is 2.53. The molecule has 0 heterocycles. The van der Waals surface area contributed by atoms with E-state index in [-0.39, 0.29) is 0 Å². The summed E-state index contributed by atoms with van der Waals surface area (Å²) in [5.74, 6) is 1.62. The topological polar surface area (TPSA) is 77.4 Å². The molecule has 8 heteroatoms. The Hall–Kier alpha value is -4.66. The van der Waals surface area contributed by atoms with Crippen molar-refractivity contribution in [3.05, 3.63) is 177 Å². The average Bonchev–Trinajstić information content (AvgIpc) is 2.87. The predicted octanol–water partition coefficient (Wildman–Crippen LogP) is 20.7. The highest BCUT2D eigenvalue weighted by atomic mass is 35.5. The van der Waals surface area contributed by atoms with Crippen molar-refractivity contribution in [1.29, 1.82) is 0 Å². The van der Waals surface area contributed by atoms with Gasteiger partial charge in [-0.2, -0.15) is 0 Å². The van der Waals surface area contributed by atoms with Crippen LogP contribution < -0.4 is 9.47 Å². The Kier molecular flexibility index (Phi) is 27.0. The van der Waals surface area contributed by atoms with Gasteiger partial charge >= 0.3 is 0 Å². The molecule has 2 atom stereocenters. The molecule has 6 nitrogen and oxygen atoms in total. The summed E-state index contributed by atoms with van der Waals surface area (Å²) in [5.41, 5.74) is 6.88. The van der Waals surface area contributed by atoms with Crippen molar-refractivity contribution >= 4 is 23.2 Å². The number of hydrogen-bond donors (Lipinski definition) is 2. The summed E-state index contributed by atoms with van der Waals surface area (Å²) in [5, 5.41) is 25.7. The summed E-state index contributed by atoms with van der Waals surface area (Å²) in [6.45, 7) is 5.09. The molecule has 6 aromatic carbocycles. The quantitative estimate of drug-likeness (QED) is 0.0372. The second-order valence-corrected chi connectivity index (χ2v) is 24.3. The van der Waals surface area contributed by atoms with E-state index in [9.17, 15) is 10.2 Å². The minimum absolute atomic E-state index is 0.655. The number of halogens is 2. The first-order valence-corrected chi connectivity index (χ1v) is 33.0. The van der Waals surface area contributed by atoms with Crippen LogP contribution in [-0.2, 0) is 20.7 Å². The predicted molar refractivity (Wildman–Crippen MR) is 342 cm³/mol. The van der Waals surface area contributed by atoms with Crippen molar-refractivity contribution in [1.82, 2.24) is 0 Å². The van der Waals surface area contributed by atoms with Crippen LogP contribution in [0.2, 0.25) is 10.0 Å². The monoisotopic (exact) mass is 1150 g/mol. The zero-order valence-electron chi connectivity index (χ0n) is 49.4. The maximum Gasteiger partial charge on any atom is 0.141 e. The first kappa shape index (κ1) is 63.4. The summed E-state index contributed by atoms with van der Waals surface area (Å²) >= 11 is 12.4. The molecular formula is C74H96Cl2O6. The van der Waals surface area contributed by atoms with Crippen LogP contribution in [0.4, 0.5) is 0 Å². The molecule has 82 heavy (non-hydrogen) atoms. The van der Waals surface area contributed by atoms with Gasteiger partial charge in [0.1, 0.15) is 22.7 Å². The Morgan fingerprint density at radius 1 is 0.268 bits per heavy atom. The molecule has 6 aromatic rings. The SMILES string of the molecule is OC1(c2ccc(Cl)cc2)c2ccccc2-c2ccc(OCCCCCCCCCCCCOCCCCCCCCCCCCOCCCCCCCCCCCCOc3ccc4c(c3)C(O)(c3ccc(Cl)cc3)c3ccccc3-4)cc21. The lowest BCUT2D eigenvalue weighted by Crippen LogP contribution is -2.26. The molecule has 2 aliphatic rings. The van der Waals surface area contributed by atoms with Crippen LogP contribution in [0.15, 0.2) is 133 Å². The minimum atomic E-state index is -1.24. The molecule has 0 aliphatic heterocycles. The van der Waals surface area contributed by atoms with Gasteiger partial charge in [-0.05, 0) is 120 Å². The molecule has 0 saturated carbocycles. The van der Waals surface area contributed by atoms with Crippen LogP contribution >= 0.6 is 23.2 Å². The number of rotatable bonds is 43. The Morgan fingerprint density at radius 3 is 0.829 bits per heavy atom. The van der Waals surface area contributed by atoms with Crippen LogP contribution in [0.3, 0.4) is 0 Å². The lowest BCUT2D eigenvalue weighted by Gasteiger charge is -2.27. The maximum absolute atomic E-state index is 12.2. The van der Waals surface area contributed by atoms with Gasteiger partial charge < -0.3 is 29.2 Å². The smallest absolute Gasteiger partial charge is 0.141 e. The second-order valence-electron chi connectivity index (χ2n) is 23.5. The average molecular weight is 1150 g/mol. The molecule has 0 aromatic heterocycles. The lowest BCUT2D eigenvalue weighted by atomic mass is 9.84. The number of fused-ring (bicyclic) bond motifs is 6. The van der Waals surface area contributed by atoms with Crippen molar-refractivity contribution in [3.63, 3.8) is 0 Å². The van der Waals surface area contributed by atoms with Gasteiger partial charge in [0.25, 0.3) is 0 Å². The van der Waals surface area contributed by atoms with Crippen molar-refractivity contribution in [3.8, 4) is 33.8 Å². The fraction of sp³-hybridized carbons (Fsp3) is 0.514. The summed E-state index contributed by atoms with van der Waals surface area (Å²) in [6.07, 6.45) is 38.4. The Balaban J connectivity index is 0.505. The number of hydrogen-bond acceptors (Lipinski definition) is 6. The van der Waals surface area contributed by atoms with Crippen LogP contribution in [0, 0.1) is 0 Å². The summed E-state index contributed by atoms with van der Waals surface area (Å²) < 4.78 is 24.4. The minimum Gasteiger partial charge on any atom is -0.494 e. The first-order chi connectivity index (χ1) is 40.4. The molecule has 0 saturated heterocycles. The molecule has 0 fully saturated rings. The third-order valence-corrected chi connectivity index (χ3v) is 17.7. The van der Waals surface area contributed by atoms with Crippen molar-refractivity contribution < 1.29 is 29.2 Å². The molecule has 442 valence electrons. The van der Waals surface area contributed by atoms with E-state index >= 15 is 0 Å². The largest absolute Gasteiger partial charge is 0.494 e. The molecule has 0 radical (unpaired) electrons. The standard InChI is InChI=1S/C74H96Cl2O6/c75-61-43-39-59(40-44-61)73(77)69-37-27-25-35-65(69)67-49-47-63(57-71(67)73)81-55-33-23-17-11-5-3-9-15-21-31-53-79-51-29-19-13-7-1-2-8-14-20-30-52-80-54-32-22-16-10-4-6-12-18-24-34-56-82-64-48-50-68-66-36-26-28-38-70(66)74(78,72(68)58-64)60-41-45-62(76)46-42-60/h25-28,35-50,57-58,77-78H,1-24,29-34,51-56H2. The van der Waals surface area contributed by atoms with Crippen LogP contribution in [0.5, 0.6) is 11.5 Å². The Labute approximate surface area is 503 Å². The molecule has 0 bridgehead atoms. The van der Waals surface area contributed by atoms with E-state index in [0.29, 0.717) is 23.3 Å². The molecule has 8 rings (SSSR count). The molecule has 0 amide bonds. The van der Waals surface area contributed by atoms with Gasteiger partial charge in [-0.25, -0.2) is 0 Å². The van der Waals surface area contributed by atoms with Gasteiger partial charge in [0.2, 0.25) is 0 Å². The lowest BCUT2D eigenvalue weighted by molar-refractivity contribution is 0.125. The normalized spacial score (nSPS) is 15.8. The Bertz CT molecular complexity index is 2570. The van der Waals surface area contributed by atoms with Gasteiger partial charge in [-0.15, -0.1) is 0 Å². The van der Waals surface area contributed by atoms with E-state index in [1.54, 1.807) is 0 Å². The van der Waals surface area contributed by atoms with Crippen LogP contribution in [0.1, 0.15) is 226 Å². The van der Waals surface area contributed by atoms with Gasteiger partial charge in [0, 0.05) is 58.7 Å². The summed E-state index contributed by atoms with van der Waals surface area (Å²) in [6, 6.07) is 43.6. The highest BCUT2D eigenvalue weighted by molar-refractivity contribution is 6.30. The Morgan fingerprint density at radius 2 is 0.524 bits per heavy atom. The fourth-order valence-corrected chi connectivity index (χ4v) is 12.8. The zero-order valence-corrected chi connectivity index (χ0v) is 51.0. The van der Waals surface area contributed by atoms with Crippen molar-refractivity contribution in [2.24, 2.45) is 0 Å². The van der Waals surface area contributed by atoms with E-state index in [0.717, 1.165) is 106 Å². The molecule has 2 N–H and O–H groups in total. The van der Waals surface area contributed by atoms with E-state index in [1.807, 2.05) is 109 Å². The maximum atomic E-state index is 12.2. The molecule has 2 aliphatic carbocycles. The molecule has 0 spiro atoms. The van der Waals surface area contributed by atoms with E-state index in [1.165, 1.54) is 180 Å². The van der Waals surface area contributed by atoms with Crippen LogP contribution in [-0.4, -0.2) is 49.9 Å². The van der Waals surface area contributed by atoms with Crippen molar-refractivity contribution in [2.45, 2.75) is 204 Å². The van der Waals surface area contributed by atoms with Gasteiger partial charge in [0.15, 0.2) is 0 Å². The summed E-state index contributed by atoms with van der Waals surface area (Å²) in [7, 11) is 0. The third kappa shape index (κ3) is 18.4. The first-order valence-electron chi connectivity index (χ1n) is 32.2. The number of ether oxygens (including phenoxy) is 4. The summed E-state index contributed by atoms with van der Waals surface area (Å²) in [4.78, 5) is 0. The van der Waals surface area contributed by atoms with Crippen molar-refractivity contribution in [2.75, 3.05) is 39.6 Å². The highest BCUT2D eigenvalue weighted by Gasteiger charge is 2.44. The van der Waals surface area contributed by atoms with E-state index in [2.05, 4.69) is 24.3 Å². The number of benzene rings is 6. The van der Waals surface area contributed by atoms with E-state index < -0.39 is 11.2 Å². The molecule has 2 unspecified atom stereocenters. The second kappa shape index (κ2) is 35.0. The zero-order chi connectivity index (χ0) is 56.9. The fourth-order valence-electron chi connectivity index (χ4n) is 12.5. The van der Waals surface area contributed by atoms with Gasteiger partial charge in [-0.3, -0.25) is 0 Å². The number of unbranched alkanes of at least 4 members (excludes halogenated alkanes) is 27. The van der Waals surface area contributed by atoms with Gasteiger partial charge in [0.05, 0.1) is 13.2 Å². The number of aliphatic hydroxyl groups is 2. The van der Waals surface area contributed by atoms with Gasteiger partial charge in [-0.1, -0.05) is 262 Å². The third-order valence-electron chi connectivity index (χ3n) is 17.2. The van der Waals surface area contributed by atoms with Crippen LogP contribution in [0.25, 0.3) is 22.3 Å². The van der Waals surface area contributed by atoms with E-state index in [4.69, 9.17) is 42.1 Å². The molecular weight excluding hydrogens is 1060 g/mol.